The van der Waals surface area contributed by atoms with Gasteiger partial charge in [0.2, 0.25) is 0 Å². The van der Waals surface area contributed by atoms with E-state index < -0.39 is 5.60 Å². The van der Waals surface area contributed by atoms with E-state index in [1.165, 1.54) is 0 Å². The van der Waals surface area contributed by atoms with Crippen molar-refractivity contribution in [1.82, 2.24) is 0 Å². The van der Waals surface area contributed by atoms with Crippen LogP contribution in [0.15, 0.2) is 30.3 Å². The summed E-state index contributed by atoms with van der Waals surface area (Å²) in [7, 11) is 0. The number of halogens is 1. The maximum Gasteiger partial charge on any atom is 0.0907 e. The zero-order valence-electron chi connectivity index (χ0n) is 8.54. The molecule has 1 rings (SSSR count). The van der Waals surface area contributed by atoms with E-state index in [2.05, 4.69) is 6.92 Å². The van der Waals surface area contributed by atoms with E-state index in [9.17, 15) is 5.11 Å². The summed E-state index contributed by atoms with van der Waals surface area (Å²) in [6.07, 6.45) is 2.35. The fourth-order valence-corrected chi connectivity index (χ4v) is 2.04. The molecule has 2 heteroatoms. The predicted octanol–water partition coefficient (Wildman–Crippen LogP) is 3.30. The third-order valence-corrected chi connectivity index (χ3v) is 2.67. The smallest absolute Gasteiger partial charge is 0.0907 e. The molecule has 1 N–H and O–H groups in total. The minimum atomic E-state index is -0.738. The minimum Gasteiger partial charge on any atom is -0.385 e. The number of hydrogen-bond donors (Lipinski definition) is 1. The van der Waals surface area contributed by atoms with Gasteiger partial charge < -0.3 is 5.11 Å². The van der Waals surface area contributed by atoms with Crippen molar-refractivity contribution in [2.75, 3.05) is 5.88 Å². The van der Waals surface area contributed by atoms with Gasteiger partial charge in [0.15, 0.2) is 0 Å². The lowest BCUT2D eigenvalue weighted by atomic mass is 9.87. The zero-order valence-corrected chi connectivity index (χ0v) is 9.30. The fourth-order valence-electron chi connectivity index (χ4n) is 1.73. The molecule has 0 aliphatic carbocycles. The standard InChI is InChI=1S/C12H17ClO/c1-2-8-12(14,9-10-13)11-6-4-3-5-7-11/h3-7,14H,2,8-10H2,1H3. The highest BCUT2D eigenvalue weighted by Crippen LogP contribution is 2.30. The largest absolute Gasteiger partial charge is 0.385 e. The molecule has 0 saturated heterocycles. The van der Waals surface area contributed by atoms with Gasteiger partial charge >= 0.3 is 0 Å². The molecule has 1 unspecified atom stereocenters. The van der Waals surface area contributed by atoms with Crippen molar-refractivity contribution in [3.05, 3.63) is 35.9 Å². The van der Waals surface area contributed by atoms with E-state index in [4.69, 9.17) is 11.6 Å². The van der Waals surface area contributed by atoms with Crippen LogP contribution in [0.5, 0.6) is 0 Å². The highest BCUT2D eigenvalue weighted by atomic mass is 35.5. The molecule has 0 amide bonds. The minimum absolute atomic E-state index is 0.491. The highest BCUT2D eigenvalue weighted by molar-refractivity contribution is 6.17. The molecule has 1 atom stereocenters. The Morgan fingerprint density at radius 3 is 2.36 bits per heavy atom. The van der Waals surface area contributed by atoms with Crippen molar-refractivity contribution in [3.63, 3.8) is 0 Å². The molecule has 0 radical (unpaired) electrons. The molecule has 1 nitrogen and oxygen atoms in total. The van der Waals surface area contributed by atoms with E-state index in [0.717, 1.165) is 18.4 Å². The van der Waals surface area contributed by atoms with E-state index in [-0.39, 0.29) is 0 Å². The van der Waals surface area contributed by atoms with E-state index in [1.54, 1.807) is 0 Å². The van der Waals surface area contributed by atoms with Gasteiger partial charge in [0, 0.05) is 5.88 Å². The normalized spacial score (nSPS) is 15.1. The Labute approximate surface area is 90.7 Å². The summed E-state index contributed by atoms with van der Waals surface area (Å²) in [4.78, 5) is 0. The van der Waals surface area contributed by atoms with Crippen LogP contribution in [0, 0.1) is 0 Å². The first kappa shape index (κ1) is 11.5. The van der Waals surface area contributed by atoms with Gasteiger partial charge in [-0.3, -0.25) is 0 Å². The second-order valence-corrected chi connectivity index (χ2v) is 3.96. The van der Waals surface area contributed by atoms with Crippen LogP contribution in [0.1, 0.15) is 31.7 Å². The Morgan fingerprint density at radius 1 is 1.21 bits per heavy atom. The van der Waals surface area contributed by atoms with Crippen LogP contribution in [0.2, 0.25) is 0 Å². The predicted molar refractivity (Wildman–Crippen MR) is 60.6 cm³/mol. The number of aliphatic hydroxyl groups is 1. The summed E-state index contributed by atoms with van der Waals surface area (Å²) in [6.45, 7) is 2.07. The van der Waals surface area contributed by atoms with Crippen LogP contribution in [-0.2, 0) is 5.60 Å². The van der Waals surface area contributed by atoms with Crippen molar-refractivity contribution in [3.8, 4) is 0 Å². The molecule has 0 fully saturated rings. The molecule has 1 aromatic rings. The summed E-state index contributed by atoms with van der Waals surface area (Å²) >= 11 is 5.71. The van der Waals surface area contributed by atoms with Gasteiger partial charge in [0.05, 0.1) is 5.60 Å². The second-order valence-electron chi connectivity index (χ2n) is 3.59. The Morgan fingerprint density at radius 2 is 1.86 bits per heavy atom. The molecule has 14 heavy (non-hydrogen) atoms. The maximum absolute atomic E-state index is 10.4. The van der Waals surface area contributed by atoms with Gasteiger partial charge in [0.1, 0.15) is 0 Å². The first-order chi connectivity index (χ1) is 6.73. The number of rotatable bonds is 5. The van der Waals surface area contributed by atoms with Crippen molar-refractivity contribution >= 4 is 11.6 Å². The average molecular weight is 213 g/mol. The van der Waals surface area contributed by atoms with Crippen molar-refractivity contribution in [2.45, 2.75) is 31.8 Å². The molecule has 0 spiro atoms. The first-order valence-electron chi connectivity index (χ1n) is 5.07. The second kappa shape index (κ2) is 5.38. The fraction of sp³-hybridized carbons (Fsp3) is 0.500. The van der Waals surface area contributed by atoms with Gasteiger partial charge in [-0.05, 0) is 18.4 Å². The topological polar surface area (TPSA) is 20.2 Å². The van der Waals surface area contributed by atoms with E-state index >= 15 is 0 Å². The van der Waals surface area contributed by atoms with Gasteiger partial charge in [-0.2, -0.15) is 0 Å². The van der Waals surface area contributed by atoms with E-state index in [1.807, 2.05) is 30.3 Å². The highest BCUT2D eigenvalue weighted by Gasteiger charge is 2.26. The van der Waals surface area contributed by atoms with Crippen LogP contribution in [0.25, 0.3) is 0 Å². The summed E-state index contributed by atoms with van der Waals surface area (Å²) in [5.41, 5.74) is 0.236. The monoisotopic (exact) mass is 212 g/mol. The van der Waals surface area contributed by atoms with Crippen LogP contribution in [0.3, 0.4) is 0 Å². The van der Waals surface area contributed by atoms with Gasteiger partial charge in [0.25, 0.3) is 0 Å². The molecule has 0 aliphatic rings. The number of hydrogen-bond acceptors (Lipinski definition) is 1. The Kier molecular flexibility index (Phi) is 4.43. The zero-order chi connectivity index (χ0) is 10.4. The molecule has 0 heterocycles. The number of alkyl halides is 1. The molecular formula is C12H17ClO. The maximum atomic E-state index is 10.4. The molecule has 0 aromatic heterocycles. The van der Waals surface area contributed by atoms with Crippen LogP contribution in [0.4, 0.5) is 0 Å². The quantitative estimate of drug-likeness (QED) is 0.743. The third kappa shape index (κ3) is 2.73. The summed E-state index contributed by atoms with van der Waals surface area (Å²) in [5.74, 6) is 0.491. The number of benzene rings is 1. The van der Waals surface area contributed by atoms with Crippen molar-refractivity contribution in [2.24, 2.45) is 0 Å². The van der Waals surface area contributed by atoms with Gasteiger partial charge in [-0.15, -0.1) is 11.6 Å². The van der Waals surface area contributed by atoms with E-state index in [0.29, 0.717) is 12.3 Å². The van der Waals surface area contributed by atoms with Crippen molar-refractivity contribution in [1.29, 1.82) is 0 Å². The molecule has 0 aliphatic heterocycles. The van der Waals surface area contributed by atoms with Gasteiger partial charge in [-0.25, -0.2) is 0 Å². The molecular weight excluding hydrogens is 196 g/mol. The summed E-state index contributed by atoms with van der Waals surface area (Å²) < 4.78 is 0. The molecule has 0 bridgehead atoms. The molecule has 78 valence electrons. The van der Waals surface area contributed by atoms with Crippen LogP contribution >= 0.6 is 11.6 Å². The summed E-state index contributed by atoms with van der Waals surface area (Å²) in [6, 6.07) is 9.77. The lowest BCUT2D eigenvalue weighted by Gasteiger charge is -2.27. The van der Waals surface area contributed by atoms with Crippen LogP contribution in [-0.4, -0.2) is 11.0 Å². The van der Waals surface area contributed by atoms with Crippen molar-refractivity contribution < 1.29 is 5.11 Å². The lowest BCUT2D eigenvalue weighted by molar-refractivity contribution is 0.0235. The lowest BCUT2D eigenvalue weighted by Crippen LogP contribution is -2.25. The Hall–Kier alpha value is -0.530. The van der Waals surface area contributed by atoms with Crippen LogP contribution < -0.4 is 0 Å². The summed E-state index contributed by atoms with van der Waals surface area (Å²) in [5, 5.41) is 10.4. The molecule has 0 saturated carbocycles. The third-order valence-electron chi connectivity index (χ3n) is 2.48. The molecule has 1 aromatic carbocycles. The Balaban J connectivity index is 2.87. The average Bonchev–Trinajstić information content (AvgIpc) is 2.20. The Bertz CT molecular complexity index is 252. The van der Waals surface area contributed by atoms with Gasteiger partial charge in [-0.1, -0.05) is 43.7 Å². The SMILES string of the molecule is CCCC(O)(CCCl)c1ccccc1. The first-order valence-corrected chi connectivity index (χ1v) is 5.60.